The maximum atomic E-state index is 12.9. The number of nitrogens with zero attached hydrogens (tertiary/aromatic N) is 2. The van der Waals surface area contributed by atoms with Gasteiger partial charge >= 0.3 is 5.97 Å². The Bertz CT molecular complexity index is 2040. The van der Waals surface area contributed by atoms with Crippen LogP contribution in [0.15, 0.2) is 114 Å². The number of aldehydes is 1. The quantitative estimate of drug-likeness (QED) is 0.195. The monoisotopic (exact) mass is 528 g/mol. The molecule has 0 saturated heterocycles. The van der Waals surface area contributed by atoms with Crippen LogP contribution < -0.4 is 17.0 Å². The van der Waals surface area contributed by atoms with E-state index in [1.807, 2.05) is 72.8 Å². The van der Waals surface area contributed by atoms with Crippen molar-refractivity contribution in [3.63, 3.8) is 0 Å². The van der Waals surface area contributed by atoms with Crippen molar-refractivity contribution >= 4 is 61.9 Å². The molecule has 0 unspecified atom stereocenters. The molecule has 8 heteroatoms. The molecule has 0 aliphatic carbocycles. The molecule has 5 aromatic carbocycles. The second kappa shape index (κ2) is 10.9. The summed E-state index contributed by atoms with van der Waals surface area (Å²) in [4.78, 5) is 38.3. The number of hydrogen-bond acceptors (Lipinski definition) is 6. The number of carbonyl (C=O) groups excluding carboxylic acids is 1. The lowest BCUT2D eigenvalue weighted by molar-refractivity contribution is 0.0694. The molecule has 0 aliphatic heterocycles. The number of carbonyl (C=O) groups is 2. The predicted molar refractivity (Wildman–Crippen MR) is 159 cm³/mol. The van der Waals surface area contributed by atoms with Crippen molar-refractivity contribution in [2.75, 3.05) is 11.5 Å². The van der Waals surface area contributed by atoms with Crippen molar-refractivity contribution in [2.24, 2.45) is 0 Å². The Morgan fingerprint density at radius 3 is 1.98 bits per heavy atom. The van der Waals surface area contributed by atoms with Gasteiger partial charge in [0.2, 0.25) is 0 Å². The van der Waals surface area contributed by atoms with E-state index in [2.05, 4.69) is 4.98 Å². The van der Waals surface area contributed by atoms with E-state index in [4.69, 9.17) is 16.6 Å². The molecule has 5 N–H and O–H groups in total. The van der Waals surface area contributed by atoms with Crippen LogP contribution in [0, 0.1) is 0 Å². The van der Waals surface area contributed by atoms with E-state index in [1.54, 1.807) is 28.7 Å². The van der Waals surface area contributed by atoms with E-state index < -0.39 is 5.97 Å². The zero-order valence-corrected chi connectivity index (χ0v) is 21.2. The Balaban J connectivity index is 0.000000143. The summed E-state index contributed by atoms with van der Waals surface area (Å²) in [5, 5.41) is 12.4. The molecule has 0 fully saturated rings. The highest BCUT2D eigenvalue weighted by atomic mass is 16.4. The number of nitrogen functional groups attached to an aromatic ring is 2. The zero-order chi connectivity index (χ0) is 28.2. The number of anilines is 2. The summed E-state index contributed by atoms with van der Waals surface area (Å²) in [6.45, 7) is 0. The van der Waals surface area contributed by atoms with Gasteiger partial charge in [-0.25, -0.2) is 9.78 Å². The van der Waals surface area contributed by atoms with E-state index in [0.717, 1.165) is 38.2 Å². The van der Waals surface area contributed by atoms with Gasteiger partial charge in [0.05, 0.1) is 28.0 Å². The van der Waals surface area contributed by atoms with Gasteiger partial charge in [-0.2, -0.15) is 0 Å². The van der Waals surface area contributed by atoms with E-state index >= 15 is 0 Å². The second-order valence-corrected chi connectivity index (χ2v) is 8.91. The minimum Gasteiger partial charge on any atom is -0.478 e. The summed E-state index contributed by atoms with van der Waals surface area (Å²) >= 11 is 0. The number of rotatable bonds is 2. The average molecular weight is 529 g/mol. The summed E-state index contributed by atoms with van der Waals surface area (Å²) in [6.07, 6.45) is 0.531. The number of carboxylic acids is 1. The topological polar surface area (TPSA) is 141 Å². The predicted octanol–water partition coefficient (Wildman–Crippen LogP) is 5.64. The van der Waals surface area contributed by atoms with Gasteiger partial charge in [-0.1, -0.05) is 72.8 Å². The fourth-order valence-corrected chi connectivity index (χ4v) is 4.54. The van der Waals surface area contributed by atoms with Gasteiger partial charge in [-0.05, 0) is 41.8 Å². The smallest absolute Gasteiger partial charge is 0.336 e. The number of aromatic carboxylic acids is 1. The highest BCUT2D eigenvalue weighted by Gasteiger charge is 2.15. The van der Waals surface area contributed by atoms with Crippen LogP contribution in [0.3, 0.4) is 0 Å². The lowest BCUT2D eigenvalue weighted by Gasteiger charge is -2.06. The Morgan fingerprint density at radius 2 is 1.35 bits per heavy atom. The first-order chi connectivity index (χ1) is 19.4. The van der Waals surface area contributed by atoms with Crippen molar-refractivity contribution in [1.29, 1.82) is 0 Å². The van der Waals surface area contributed by atoms with Crippen LogP contribution in [0.25, 0.3) is 38.2 Å². The molecule has 0 spiro atoms. The maximum Gasteiger partial charge on any atom is 0.336 e. The average Bonchev–Trinajstić information content (AvgIpc) is 3.38. The lowest BCUT2D eigenvalue weighted by atomic mass is 10.0. The Hall–Kier alpha value is -5.76. The number of para-hydroxylation sites is 4. The third kappa shape index (κ3) is 4.77. The number of imidazole rings is 1. The Kier molecular flexibility index (Phi) is 7.07. The van der Waals surface area contributed by atoms with Crippen LogP contribution in [0.5, 0.6) is 0 Å². The largest absolute Gasteiger partial charge is 0.478 e. The number of pyridine rings is 1. The zero-order valence-electron chi connectivity index (χ0n) is 21.2. The number of nitrogens with two attached hydrogens (primary N) is 2. The normalized spacial score (nSPS) is 10.6. The van der Waals surface area contributed by atoms with Gasteiger partial charge in [-0.3, -0.25) is 14.0 Å². The highest BCUT2D eigenvalue weighted by Crippen LogP contribution is 2.29. The molecule has 2 aromatic heterocycles. The van der Waals surface area contributed by atoms with Crippen molar-refractivity contribution in [1.82, 2.24) is 9.38 Å². The summed E-state index contributed by atoms with van der Waals surface area (Å²) in [6, 6.07) is 33.0. The summed E-state index contributed by atoms with van der Waals surface area (Å²) in [5.74, 6) is -1.08. The SMILES string of the molecule is Nc1ccccc1N.O=Cc1ccccc1C(=O)O.O=c1c2cccc3cccc(c32)c2nc3ccccc3n12. The molecule has 7 rings (SSSR count). The molecule has 0 atom stereocenters. The highest BCUT2D eigenvalue weighted by molar-refractivity contribution is 6.15. The van der Waals surface area contributed by atoms with Crippen LogP contribution >= 0.6 is 0 Å². The number of carboxylic acid groups (broad SMARTS) is 1. The Labute approximate surface area is 228 Å². The Morgan fingerprint density at radius 1 is 0.750 bits per heavy atom. The van der Waals surface area contributed by atoms with Gasteiger partial charge in [0.1, 0.15) is 5.65 Å². The minimum absolute atomic E-state index is 0.00278. The molecule has 0 radical (unpaired) electrons. The third-order valence-electron chi connectivity index (χ3n) is 6.45. The number of fused-ring (bicyclic) bond motifs is 4. The molecule has 7 aromatic rings. The number of aromatic nitrogens is 2. The van der Waals surface area contributed by atoms with E-state index in [0.29, 0.717) is 17.7 Å². The van der Waals surface area contributed by atoms with E-state index in [1.165, 1.54) is 12.1 Å². The summed E-state index contributed by atoms with van der Waals surface area (Å²) < 4.78 is 1.73. The molecule has 8 nitrogen and oxygen atoms in total. The second-order valence-electron chi connectivity index (χ2n) is 8.91. The maximum absolute atomic E-state index is 12.9. The fraction of sp³-hybridized carbons (Fsp3) is 0. The third-order valence-corrected chi connectivity index (χ3v) is 6.45. The standard InChI is InChI=1S/C18H10N2O.C8H6O3.C6H8N2/c21-18-13-8-4-6-11-5-3-7-12(16(11)13)17-19-14-9-1-2-10-15(14)20(17)18;9-5-6-3-1-2-4-7(6)8(10)11;7-5-3-1-2-4-6(5)8/h1-10H;1-5H,(H,10,11);1-4H,7-8H2. The fourth-order valence-electron chi connectivity index (χ4n) is 4.54. The van der Waals surface area contributed by atoms with Gasteiger partial charge in [0, 0.05) is 21.7 Å². The molecular formula is C32H24N4O4. The molecular weight excluding hydrogens is 504 g/mol. The minimum atomic E-state index is -1.08. The molecule has 0 saturated carbocycles. The lowest BCUT2D eigenvalue weighted by Crippen LogP contribution is -2.13. The van der Waals surface area contributed by atoms with Crippen LogP contribution in [-0.2, 0) is 0 Å². The first-order valence-electron chi connectivity index (χ1n) is 12.3. The van der Waals surface area contributed by atoms with Crippen molar-refractivity contribution in [3.8, 4) is 0 Å². The first kappa shape index (κ1) is 25.9. The van der Waals surface area contributed by atoms with Crippen LogP contribution in [0.1, 0.15) is 20.7 Å². The van der Waals surface area contributed by atoms with Crippen molar-refractivity contribution in [3.05, 3.63) is 131 Å². The number of benzene rings is 5. The molecule has 196 valence electrons. The van der Waals surface area contributed by atoms with Gasteiger partial charge in [0.15, 0.2) is 6.29 Å². The molecule has 40 heavy (non-hydrogen) atoms. The van der Waals surface area contributed by atoms with Gasteiger partial charge in [-0.15, -0.1) is 0 Å². The van der Waals surface area contributed by atoms with Crippen LogP contribution in [-0.4, -0.2) is 26.7 Å². The van der Waals surface area contributed by atoms with E-state index in [-0.39, 0.29) is 16.7 Å². The molecule has 0 bridgehead atoms. The summed E-state index contributed by atoms with van der Waals surface area (Å²) in [5.41, 5.74) is 14.8. The van der Waals surface area contributed by atoms with Crippen LogP contribution in [0.4, 0.5) is 11.4 Å². The first-order valence-corrected chi connectivity index (χ1v) is 12.3. The van der Waals surface area contributed by atoms with Gasteiger partial charge in [0.25, 0.3) is 5.56 Å². The summed E-state index contributed by atoms with van der Waals surface area (Å²) in [7, 11) is 0. The van der Waals surface area contributed by atoms with Gasteiger partial charge < -0.3 is 16.6 Å². The molecule has 2 heterocycles. The van der Waals surface area contributed by atoms with Crippen LogP contribution in [0.2, 0.25) is 0 Å². The number of hydrogen-bond donors (Lipinski definition) is 3. The molecule has 0 amide bonds. The molecule has 0 aliphatic rings. The van der Waals surface area contributed by atoms with Crippen molar-refractivity contribution < 1.29 is 14.7 Å². The van der Waals surface area contributed by atoms with Crippen molar-refractivity contribution in [2.45, 2.75) is 0 Å². The van der Waals surface area contributed by atoms with E-state index in [9.17, 15) is 14.4 Å².